The summed E-state index contributed by atoms with van der Waals surface area (Å²) in [5.74, 6) is -0.819. The predicted molar refractivity (Wildman–Crippen MR) is 83.3 cm³/mol. The number of hydrogen-bond acceptors (Lipinski definition) is 3. The minimum absolute atomic E-state index is 0.0388. The summed E-state index contributed by atoms with van der Waals surface area (Å²) in [6, 6.07) is 3.06. The number of fused-ring (bicyclic) bond motifs is 1. The van der Waals surface area contributed by atoms with Crippen molar-refractivity contribution in [2.45, 2.75) is 26.8 Å². The Morgan fingerprint density at radius 2 is 2.17 bits per heavy atom. The lowest BCUT2D eigenvalue weighted by Gasteiger charge is -2.16. The molecule has 3 heterocycles. The van der Waals surface area contributed by atoms with E-state index in [-0.39, 0.29) is 11.2 Å². The van der Waals surface area contributed by atoms with Crippen LogP contribution in [0.1, 0.15) is 30.0 Å². The number of carbonyl (C=O) groups excluding carboxylic acids is 2. The molecule has 1 aliphatic heterocycles. The van der Waals surface area contributed by atoms with Gasteiger partial charge in [0.05, 0.1) is 6.20 Å². The molecule has 3 rings (SSSR count). The summed E-state index contributed by atoms with van der Waals surface area (Å²) in [5, 5.41) is 2.40. The highest BCUT2D eigenvalue weighted by Crippen LogP contribution is 2.40. The van der Waals surface area contributed by atoms with E-state index in [0.29, 0.717) is 36.2 Å². The minimum atomic E-state index is -0.545. The zero-order valence-corrected chi connectivity index (χ0v) is 12.9. The number of primary amides is 1. The maximum absolute atomic E-state index is 14.3. The number of anilines is 1. The van der Waals surface area contributed by atoms with Gasteiger partial charge in [0.15, 0.2) is 0 Å². The SMILES string of the molecule is CC1(C)Cc2c(-c3cc(NC=O)ncc3F)cc(C(N)=O)n2C1. The smallest absolute Gasteiger partial charge is 0.265 e. The third-order valence-corrected chi connectivity index (χ3v) is 4.05. The first-order valence-corrected chi connectivity index (χ1v) is 7.21. The second-order valence-electron chi connectivity index (χ2n) is 6.49. The van der Waals surface area contributed by atoms with Crippen LogP contribution in [0.4, 0.5) is 10.2 Å². The van der Waals surface area contributed by atoms with E-state index < -0.39 is 11.7 Å². The Kier molecular flexibility index (Phi) is 3.43. The average molecular weight is 316 g/mol. The van der Waals surface area contributed by atoms with Crippen LogP contribution in [0.2, 0.25) is 0 Å². The van der Waals surface area contributed by atoms with Crippen LogP contribution in [0.3, 0.4) is 0 Å². The summed E-state index contributed by atoms with van der Waals surface area (Å²) in [5.41, 5.74) is 7.55. The monoisotopic (exact) mass is 316 g/mol. The zero-order valence-electron chi connectivity index (χ0n) is 12.9. The summed E-state index contributed by atoms with van der Waals surface area (Å²) < 4.78 is 16.1. The second kappa shape index (κ2) is 5.19. The number of hydrogen-bond donors (Lipinski definition) is 2. The molecule has 1 aliphatic rings. The molecule has 0 aliphatic carbocycles. The minimum Gasteiger partial charge on any atom is -0.364 e. The largest absolute Gasteiger partial charge is 0.364 e. The van der Waals surface area contributed by atoms with Crippen molar-refractivity contribution in [1.29, 1.82) is 0 Å². The molecule has 23 heavy (non-hydrogen) atoms. The van der Waals surface area contributed by atoms with E-state index in [9.17, 15) is 14.0 Å². The predicted octanol–water partition coefficient (Wildman–Crippen LogP) is 1.94. The summed E-state index contributed by atoms with van der Waals surface area (Å²) >= 11 is 0. The molecule has 0 bridgehead atoms. The molecule has 6 nitrogen and oxygen atoms in total. The molecule has 2 aromatic rings. The first kappa shape index (κ1) is 15.2. The van der Waals surface area contributed by atoms with Crippen molar-refractivity contribution in [3.63, 3.8) is 0 Å². The fraction of sp³-hybridized carbons (Fsp3) is 0.312. The van der Waals surface area contributed by atoms with Gasteiger partial charge in [-0.3, -0.25) is 9.59 Å². The fourth-order valence-electron chi connectivity index (χ4n) is 3.12. The van der Waals surface area contributed by atoms with Crippen LogP contribution in [-0.4, -0.2) is 21.9 Å². The zero-order chi connectivity index (χ0) is 16.8. The lowest BCUT2D eigenvalue weighted by molar-refractivity contribution is -0.105. The molecule has 0 fully saturated rings. The van der Waals surface area contributed by atoms with E-state index in [0.717, 1.165) is 11.9 Å². The van der Waals surface area contributed by atoms with E-state index in [4.69, 9.17) is 5.73 Å². The topological polar surface area (TPSA) is 90.0 Å². The number of nitrogens with one attached hydrogen (secondary N) is 1. The molecule has 3 N–H and O–H groups in total. The van der Waals surface area contributed by atoms with Crippen molar-refractivity contribution in [3.8, 4) is 11.1 Å². The van der Waals surface area contributed by atoms with Gasteiger partial charge in [-0.05, 0) is 24.0 Å². The summed E-state index contributed by atoms with van der Waals surface area (Å²) in [6.07, 6.45) is 2.23. The van der Waals surface area contributed by atoms with Crippen LogP contribution in [0, 0.1) is 11.2 Å². The molecular formula is C16H17FN4O2. The molecule has 7 heteroatoms. The summed E-state index contributed by atoms with van der Waals surface area (Å²) in [6.45, 7) is 4.81. The first-order valence-electron chi connectivity index (χ1n) is 7.21. The van der Waals surface area contributed by atoms with Crippen molar-refractivity contribution in [2.24, 2.45) is 11.1 Å². The number of nitrogens with two attached hydrogens (primary N) is 1. The number of aromatic nitrogens is 2. The van der Waals surface area contributed by atoms with Crippen LogP contribution in [0.5, 0.6) is 0 Å². The van der Waals surface area contributed by atoms with Crippen molar-refractivity contribution in [1.82, 2.24) is 9.55 Å². The Hall–Kier alpha value is -2.70. The van der Waals surface area contributed by atoms with E-state index in [2.05, 4.69) is 24.1 Å². The molecule has 0 atom stereocenters. The van der Waals surface area contributed by atoms with E-state index in [1.54, 1.807) is 6.07 Å². The molecular weight excluding hydrogens is 299 g/mol. The fourth-order valence-corrected chi connectivity index (χ4v) is 3.12. The number of pyridine rings is 1. The van der Waals surface area contributed by atoms with Gasteiger partial charge < -0.3 is 15.6 Å². The Morgan fingerprint density at radius 3 is 2.83 bits per heavy atom. The van der Waals surface area contributed by atoms with Crippen molar-refractivity contribution in [3.05, 3.63) is 35.5 Å². The second-order valence-corrected chi connectivity index (χ2v) is 6.49. The molecule has 0 saturated carbocycles. The third kappa shape index (κ3) is 2.58. The maximum atomic E-state index is 14.3. The van der Waals surface area contributed by atoms with Crippen LogP contribution < -0.4 is 11.1 Å². The Balaban J connectivity index is 2.19. The number of amides is 2. The maximum Gasteiger partial charge on any atom is 0.265 e. The van der Waals surface area contributed by atoms with Crippen molar-refractivity contribution < 1.29 is 14.0 Å². The Bertz CT molecular complexity index is 811. The lowest BCUT2D eigenvalue weighted by Crippen LogP contribution is -2.19. The molecule has 2 amide bonds. The average Bonchev–Trinajstić information content (AvgIpc) is 2.94. The quantitative estimate of drug-likeness (QED) is 0.845. The lowest BCUT2D eigenvalue weighted by atomic mass is 9.89. The number of halogens is 1. The van der Waals surface area contributed by atoms with Gasteiger partial charge in [-0.2, -0.15) is 0 Å². The van der Waals surface area contributed by atoms with Gasteiger partial charge in [0.2, 0.25) is 6.41 Å². The molecule has 0 saturated heterocycles. The van der Waals surface area contributed by atoms with Crippen LogP contribution in [-0.2, 0) is 17.8 Å². The summed E-state index contributed by atoms with van der Waals surface area (Å²) in [4.78, 5) is 26.1. The molecule has 0 spiro atoms. The van der Waals surface area contributed by atoms with E-state index in [1.165, 1.54) is 6.07 Å². The Morgan fingerprint density at radius 1 is 1.43 bits per heavy atom. The van der Waals surface area contributed by atoms with Gasteiger partial charge >= 0.3 is 0 Å². The van der Waals surface area contributed by atoms with Crippen LogP contribution in [0.25, 0.3) is 11.1 Å². The Labute approximate surface area is 132 Å². The first-order chi connectivity index (χ1) is 10.8. The van der Waals surface area contributed by atoms with Crippen LogP contribution in [0.15, 0.2) is 18.3 Å². The molecule has 120 valence electrons. The van der Waals surface area contributed by atoms with Crippen molar-refractivity contribution in [2.75, 3.05) is 5.32 Å². The van der Waals surface area contributed by atoms with E-state index >= 15 is 0 Å². The number of carbonyl (C=O) groups is 2. The van der Waals surface area contributed by atoms with Crippen molar-refractivity contribution >= 4 is 18.1 Å². The van der Waals surface area contributed by atoms with Crippen LogP contribution >= 0.6 is 0 Å². The van der Waals surface area contributed by atoms with Gasteiger partial charge in [-0.25, -0.2) is 9.37 Å². The molecule has 0 aromatic carbocycles. The number of rotatable bonds is 4. The molecule has 0 unspecified atom stereocenters. The molecule has 2 aromatic heterocycles. The standard InChI is InChI=1S/C16H17FN4O2/c1-16(2)5-13-10(3-12(15(18)23)21(13)7-16)9-4-14(20-8-22)19-6-11(9)17/h3-4,6,8H,5,7H2,1-2H3,(H2,18,23)(H,19,20,22). The number of nitrogens with zero attached hydrogens (tertiary/aromatic N) is 2. The summed E-state index contributed by atoms with van der Waals surface area (Å²) in [7, 11) is 0. The highest BCUT2D eigenvalue weighted by Gasteiger charge is 2.34. The highest BCUT2D eigenvalue weighted by atomic mass is 19.1. The van der Waals surface area contributed by atoms with Gasteiger partial charge in [0.25, 0.3) is 5.91 Å². The van der Waals surface area contributed by atoms with Gasteiger partial charge in [0, 0.05) is 23.4 Å². The molecule has 0 radical (unpaired) electrons. The third-order valence-electron chi connectivity index (χ3n) is 4.05. The van der Waals surface area contributed by atoms with Gasteiger partial charge in [-0.1, -0.05) is 13.8 Å². The van der Waals surface area contributed by atoms with Gasteiger partial charge in [-0.15, -0.1) is 0 Å². The normalized spacial score (nSPS) is 15.3. The highest BCUT2D eigenvalue weighted by molar-refractivity contribution is 5.94. The van der Waals surface area contributed by atoms with Gasteiger partial charge in [0.1, 0.15) is 17.3 Å². The van der Waals surface area contributed by atoms with E-state index in [1.807, 2.05) is 4.57 Å².